The van der Waals surface area contributed by atoms with Crippen LogP contribution in [-0.2, 0) is 6.54 Å². The van der Waals surface area contributed by atoms with Crippen LogP contribution in [0.4, 0.5) is 4.39 Å². The van der Waals surface area contributed by atoms with Crippen molar-refractivity contribution < 1.29 is 14.2 Å². The van der Waals surface area contributed by atoms with Gasteiger partial charge in [0.2, 0.25) is 0 Å². The lowest BCUT2D eigenvalue weighted by Gasteiger charge is -2.38. The Morgan fingerprint density at radius 2 is 1.89 bits per heavy atom. The minimum Gasteiger partial charge on any atom is -0.494 e. The van der Waals surface area contributed by atoms with E-state index in [1.807, 2.05) is 13.8 Å². The lowest BCUT2D eigenvalue weighted by atomic mass is 9.86. The molecule has 0 fully saturated rings. The summed E-state index contributed by atoms with van der Waals surface area (Å²) in [6.07, 6.45) is 0. The van der Waals surface area contributed by atoms with Crippen LogP contribution in [0.25, 0.3) is 0 Å². The van der Waals surface area contributed by atoms with Crippen molar-refractivity contribution in [3.05, 3.63) is 29.6 Å². The van der Waals surface area contributed by atoms with Crippen LogP contribution in [0, 0.1) is 5.82 Å². The normalized spacial score (nSPS) is 12.6. The van der Waals surface area contributed by atoms with Gasteiger partial charge in [-0.2, -0.15) is 0 Å². The molecule has 102 valence electrons. The van der Waals surface area contributed by atoms with Crippen LogP contribution in [0.5, 0.6) is 5.75 Å². The quantitative estimate of drug-likeness (QED) is 0.849. The predicted octanol–water partition coefficient (Wildman–Crippen LogP) is 2.47. The molecule has 18 heavy (non-hydrogen) atoms. The van der Waals surface area contributed by atoms with Gasteiger partial charge in [-0.1, -0.05) is 6.07 Å². The number of hydrogen-bond acceptors (Lipinski definition) is 3. The number of ether oxygens (including phenoxy) is 1. The molecule has 0 saturated carbocycles. The predicted molar refractivity (Wildman–Crippen MR) is 70.2 cm³/mol. The van der Waals surface area contributed by atoms with Crippen molar-refractivity contribution in [3.8, 4) is 5.75 Å². The number of hydrogen-bond donors (Lipinski definition) is 2. The molecule has 3 nitrogen and oxygen atoms in total. The molecule has 0 radical (unpaired) electrons. The number of methoxy groups -OCH3 is 1. The van der Waals surface area contributed by atoms with Crippen molar-refractivity contribution in [2.75, 3.05) is 7.11 Å². The van der Waals surface area contributed by atoms with E-state index in [4.69, 9.17) is 4.74 Å². The summed E-state index contributed by atoms with van der Waals surface area (Å²) >= 11 is 0. The molecule has 1 aromatic carbocycles. The summed E-state index contributed by atoms with van der Waals surface area (Å²) in [7, 11) is 1.44. The maximum Gasteiger partial charge on any atom is 0.165 e. The fourth-order valence-corrected chi connectivity index (χ4v) is 1.36. The molecule has 2 N–H and O–H groups in total. The van der Waals surface area contributed by atoms with Crippen molar-refractivity contribution in [3.63, 3.8) is 0 Å². The van der Waals surface area contributed by atoms with Gasteiger partial charge in [0, 0.05) is 12.1 Å². The lowest BCUT2D eigenvalue weighted by Crippen LogP contribution is -2.55. The molecule has 4 heteroatoms. The second-order valence-electron chi connectivity index (χ2n) is 5.51. The number of aliphatic hydroxyl groups is 1. The largest absolute Gasteiger partial charge is 0.494 e. The molecule has 0 aliphatic heterocycles. The minimum absolute atomic E-state index is 0.237. The zero-order valence-corrected chi connectivity index (χ0v) is 11.7. The highest BCUT2D eigenvalue weighted by atomic mass is 19.1. The van der Waals surface area contributed by atoms with Crippen LogP contribution >= 0.6 is 0 Å². The maximum absolute atomic E-state index is 13.5. The summed E-state index contributed by atoms with van der Waals surface area (Å²) in [4.78, 5) is 0. The molecule has 0 aliphatic rings. The van der Waals surface area contributed by atoms with Gasteiger partial charge in [0.1, 0.15) is 0 Å². The van der Waals surface area contributed by atoms with Gasteiger partial charge in [0.05, 0.1) is 12.7 Å². The molecule has 0 aromatic heterocycles. The summed E-state index contributed by atoms with van der Waals surface area (Å²) in [5.41, 5.74) is -0.521. The third kappa shape index (κ3) is 3.43. The molecule has 0 bridgehead atoms. The van der Waals surface area contributed by atoms with E-state index in [2.05, 4.69) is 5.32 Å². The van der Waals surface area contributed by atoms with E-state index >= 15 is 0 Å². The second kappa shape index (κ2) is 5.24. The first-order valence-corrected chi connectivity index (χ1v) is 5.97. The highest BCUT2D eigenvalue weighted by Crippen LogP contribution is 2.22. The van der Waals surface area contributed by atoms with Gasteiger partial charge in [-0.15, -0.1) is 0 Å². The molecular weight excluding hydrogens is 233 g/mol. The van der Waals surface area contributed by atoms with E-state index in [0.29, 0.717) is 6.54 Å². The number of rotatable bonds is 5. The number of nitrogens with one attached hydrogen (secondary N) is 1. The Morgan fingerprint density at radius 3 is 2.33 bits per heavy atom. The molecule has 0 heterocycles. The zero-order valence-electron chi connectivity index (χ0n) is 11.7. The SMILES string of the molecule is COc1ccc(CNC(C)(C)C(C)(C)O)cc1F. The molecular formula is C14H22FNO2. The van der Waals surface area contributed by atoms with Crippen molar-refractivity contribution in [2.45, 2.75) is 45.4 Å². The summed E-state index contributed by atoms with van der Waals surface area (Å²) in [5.74, 6) is -0.140. The van der Waals surface area contributed by atoms with Gasteiger partial charge in [-0.05, 0) is 45.4 Å². The Balaban J connectivity index is 2.73. The van der Waals surface area contributed by atoms with Crippen LogP contribution in [-0.4, -0.2) is 23.4 Å². The van der Waals surface area contributed by atoms with Gasteiger partial charge in [0.15, 0.2) is 11.6 Å². The second-order valence-corrected chi connectivity index (χ2v) is 5.51. The van der Waals surface area contributed by atoms with Crippen LogP contribution < -0.4 is 10.1 Å². The highest BCUT2D eigenvalue weighted by molar-refractivity contribution is 5.29. The van der Waals surface area contributed by atoms with E-state index in [1.54, 1.807) is 26.0 Å². The van der Waals surface area contributed by atoms with Crippen molar-refractivity contribution in [1.82, 2.24) is 5.32 Å². The fraction of sp³-hybridized carbons (Fsp3) is 0.571. The zero-order chi connectivity index (χ0) is 14.0. The van der Waals surface area contributed by atoms with Gasteiger partial charge < -0.3 is 15.2 Å². The third-order valence-corrected chi connectivity index (χ3v) is 3.48. The molecule has 0 atom stereocenters. The molecule has 0 saturated heterocycles. The summed E-state index contributed by atoms with van der Waals surface area (Å²) in [6.45, 7) is 7.79. The van der Waals surface area contributed by atoms with E-state index in [1.165, 1.54) is 13.2 Å². The maximum atomic E-state index is 13.5. The Labute approximate surface area is 108 Å². The Bertz CT molecular complexity index is 411. The standard InChI is InChI=1S/C14H22FNO2/c1-13(2,14(3,4)17)16-9-10-6-7-12(18-5)11(15)8-10/h6-8,16-17H,9H2,1-5H3. The van der Waals surface area contributed by atoms with Crippen molar-refractivity contribution in [1.29, 1.82) is 0 Å². The van der Waals surface area contributed by atoms with Crippen LogP contribution in [0.2, 0.25) is 0 Å². The fourth-order valence-electron chi connectivity index (χ4n) is 1.36. The van der Waals surface area contributed by atoms with E-state index < -0.39 is 11.1 Å². The Kier molecular flexibility index (Phi) is 4.35. The lowest BCUT2D eigenvalue weighted by molar-refractivity contribution is -0.00532. The van der Waals surface area contributed by atoms with Gasteiger partial charge in [-0.25, -0.2) is 4.39 Å². The summed E-state index contributed by atoms with van der Waals surface area (Å²) in [5, 5.41) is 13.2. The van der Waals surface area contributed by atoms with Gasteiger partial charge in [0.25, 0.3) is 0 Å². The topological polar surface area (TPSA) is 41.5 Å². The highest BCUT2D eigenvalue weighted by Gasteiger charge is 2.34. The molecule has 0 aliphatic carbocycles. The van der Waals surface area contributed by atoms with E-state index in [-0.39, 0.29) is 11.6 Å². The van der Waals surface area contributed by atoms with E-state index in [9.17, 15) is 9.50 Å². The van der Waals surface area contributed by atoms with Gasteiger partial charge in [-0.3, -0.25) is 0 Å². The number of benzene rings is 1. The average molecular weight is 255 g/mol. The minimum atomic E-state index is -0.863. The van der Waals surface area contributed by atoms with Gasteiger partial charge >= 0.3 is 0 Å². The van der Waals surface area contributed by atoms with Crippen LogP contribution in [0.3, 0.4) is 0 Å². The molecule has 1 rings (SSSR count). The summed E-state index contributed by atoms with van der Waals surface area (Å²) in [6, 6.07) is 4.84. The van der Waals surface area contributed by atoms with Crippen LogP contribution in [0.1, 0.15) is 33.3 Å². The summed E-state index contributed by atoms with van der Waals surface area (Å²) < 4.78 is 18.4. The smallest absolute Gasteiger partial charge is 0.165 e. The van der Waals surface area contributed by atoms with E-state index in [0.717, 1.165) is 5.56 Å². The molecule has 0 spiro atoms. The number of halogens is 1. The first-order valence-electron chi connectivity index (χ1n) is 5.97. The average Bonchev–Trinajstić information content (AvgIpc) is 2.25. The third-order valence-electron chi connectivity index (χ3n) is 3.48. The molecule has 0 unspecified atom stereocenters. The Hall–Kier alpha value is -1.13. The molecule has 0 amide bonds. The molecule has 1 aromatic rings. The van der Waals surface area contributed by atoms with Crippen LogP contribution in [0.15, 0.2) is 18.2 Å². The monoisotopic (exact) mass is 255 g/mol. The Morgan fingerprint density at radius 1 is 1.28 bits per heavy atom. The first-order chi connectivity index (χ1) is 8.17. The van der Waals surface area contributed by atoms with Crippen molar-refractivity contribution >= 4 is 0 Å². The first kappa shape index (κ1) is 14.9. The van der Waals surface area contributed by atoms with Crippen molar-refractivity contribution in [2.24, 2.45) is 0 Å².